The van der Waals surface area contributed by atoms with Gasteiger partial charge in [-0.3, -0.25) is 0 Å². The molecule has 3 N–H and O–H groups in total. The van der Waals surface area contributed by atoms with Gasteiger partial charge in [-0.05, 0) is 45.1 Å². The van der Waals surface area contributed by atoms with Crippen LogP contribution in [0, 0.1) is 0 Å². The average molecular weight is 289 g/mol. The molecule has 0 aromatic heterocycles. The van der Waals surface area contributed by atoms with Crippen LogP contribution in [0.15, 0.2) is 30.3 Å². The SMILES string of the molecule is CCC(CN)(Cc1ccccc1)NN1C(C)CCCC1C. The third-order valence-electron chi connectivity index (χ3n) is 5.01. The van der Waals surface area contributed by atoms with E-state index < -0.39 is 0 Å². The van der Waals surface area contributed by atoms with Crippen molar-refractivity contribution in [3.8, 4) is 0 Å². The smallest absolute Gasteiger partial charge is 0.0485 e. The molecule has 3 nitrogen and oxygen atoms in total. The molecule has 1 saturated heterocycles. The summed E-state index contributed by atoms with van der Waals surface area (Å²) >= 11 is 0. The molecule has 21 heavy (non-hydrogen) atoms. The van der Waals surface area contributed by atoms with Crippen LogP contribution in [-0.2, 0) is 6.42 Å². The van der Waals surface area contributed by atoms with Crippen LogP contribution >= 0.6 is 0 Å². The Kier molecular flexibility index (Phi) is 5.80. The zero-order valence-corrected chi connectivity index (χ0v) is 13.8. The molecule has 1 heterocycles. The van der Waals surface area contributed by atoms with Gasteiger partial charge in [-0.25, -0.2) is 10.4 Å². The fourth-order valence-corrected chi connectivity index (χ4v) is 3.41. The summed E-state index contributed by atoms with van der Waals surface area (Å²) in [5, 5.41) is 2.46. The molecule has 1 aliphatic rings. The van der Waals surface area contributed by atoms with E-state index in [2.05, 4.69) is 61.5 Å². The third-order valence-corrected chi connectivity index (χ3v) is 5.01. The number of nitrogens with zero attached hydrogens (tertiary/aromatic N) is 1. The highest BCUT2D eigenvalue weighted by Gasteiger charge is 2.34. The summed E-state index contributed by atoms with van der Waals surface area (Å²) in [6.07, 6.45) is 5.89. The van der Waals surface area contributed by atoms with Gasteiger partial charge in [-0.1, -0.05) is 43.7 Å². The van der Waals surface area contributed by atoms with Crippen molar-refractivity contribution < 1.29 is 0 Å². The maximum Gasteiger partial charge on any atom is 0.0485 e. The first-order valence-corrected chi connectivity index (χ1v) is 8.40. The quantitative estimate of drug-likeness (QED) is 0.845. The van der Waals surface area contributed by atoms with Crippen LogP contribution in [0.1, 0.15) is 52.0 Å². The lowest BCUT2D eigenvalue weighted by Gasteiger charge is -2.46. The van der Waals surface area contributed by atoms with E-state index in [1.807, 2.05) is 0 Å². The zero-order chi connectivity index (χ0) is 15.3. The van der Waals surface area contributed by atoms with Crippen molar-refractivity contribution >= 4 is 0 Å². The molecule has 1 fully saturated rings. The molecule has 0 radical (unpaired) electrons. The molecule has 3 heteroatoms. The highest BCUT2D eigenvalue weighted by Crippen LogP contribution is 2.24. The minimum Gasteiger partial charge on any atom is -0.329 e. The Morgan fingerprint density at radius 3 is 2.33 bits per heavy atom. The lowest BCUT2D eigenvalue weighted by Crippen LogP contribution is -2.64. The van der Waals surface area contributed by atoms with Crippen LogP contribution in [0.3, 0.4) is 0 Å². The van der Waals surface area contributed by atoms with E-state index >= 15 is 0 Å². The lowest BCUT2D eigenvalue weighted by atomic mass is 9.88. The van der Waals surface area contributed by atoms with Crippen molar-refractivity contribution in [1.82, 2.24) is 10.4 Å². The summed E-state index contributed by atoms with van der Waals surface area (Å²) < 4.78 is 0. The molecule has 3 atom stereocenters. The molecule has 0 amide bonds. The number of hydrazine groups is 1. The van der Waals surface area contributed by atoms with Gasteiger partial charge in [0.25, 0.3) is 0 Å². The molecular formula is C18H31N3. The fourth-order valence-electron chi connectivity index (χ4n) is 3.41. The molecule has 0 bridgehead atoms. The molecule has 1 aromatic rings. The number of benzene rings is 1. The van der Waals surface area contributed by atoms with Gasteiger partial charge in [0.1, 0.15) is 0 Å². The Balaban J connectivity index is 2.13. The number of hydrogen-bond acceptors (Lipinski definition) is 3. The van der Waals surface area contributed by atoms with Crippen molar-refractivity contribution in [2.24, 2.45) is 5.73 Å². The third kappa shape index (κ3) is 4.06. The fraction of sp³-hybridized carbons (Fsp3) is 0.667. The van der Waals surface area contributed by atoms with E-state index in [1.54, 1.807) is 0 Å². The average Bonchev–Trinajstić information content (AvgIpc) is 2.51. The normalized spacial score (nSPS) is 26.5. The van der Waals surface area contributed by atoms with Crippen molar-refractivity contribution in [3.05, 3.63) is 35.9 Å². The molecule has 1 aliphatic heterocycles. The Hall–Kier alpha value is -0.900. The maximum atomic E-state index is 6.19. The summed E-state index contributed by atoms with van der Waals surface area (Å²) in [4.78, 5) is 0. The van der Waals surface area contributed by atoms with E-state index in [-0.39, 0.29) is 5.54 Å². The molecule has 3 unspecified atom stereocenters. The molecule has 2 rings (SSSR count). The van der Waals surface area contributed by atoms with E-state index in [9.17, 15) is 0 Å². The first-order valence-electron chi connectivity index (χ1n) is 8.40. The van der Waals surface area contributed by atoms with Crippen LogP contribution in [0.2, 0.25) is 0 Å². The summed E-state index contributed by atoms with van der Waals surface area (Å²) in [6, 6.07) is 11.9. The summed E-state index contributed by atoms with van der Waals surface area (Å²) in [5.41, 5.74) is 11.3. The molecule has 0 spiro atoms. The second-order valence-corrected chi connectivity index (χ2v) is 6.65. The first kappa shape index (κ1) is 16.5. The van der Waals surface area contributed by atoms with Crippen molar-refractivity contribution in [3.63, 3.8) is 0 Å². The minimum absolute atomic E-state index is 0.0405. The Labute approximate surface area is 129 Å². The summed E-state index contributed by atoms with van der Waals surface area (Å²) in [7, 11) is 0. The van der Waals surface area contributed by atoms with E-state index in [0.29, 0.717) is 18.6 Å². The molecule has 0 saturated carbocycles. The van der Waals surface area contributed by atoms with Crippen LogP contribution in [0.4, 0.5) is 0 Å². The van der Waals surface area contributed by atoms with Crippen LogP contribution < -0.4 is 11.2 Å². The van der Waals surface area contributed by atoms with Gasteiger partial charge < -0.3 is 5.73 Å². The zero-order valence-electron chi connectivity index (χ0n) is 13.8. The predicted molar refractivity (Wildman–Crippen MR) is 90.0 cm³/mol. The highest BCUT2D eigenvalue weighted by atomic mass is 15.6. The van der Waals surface area contributed by atoms with Gasteiger partial charge in [-0.15, -0.1) is 0 Å². The number of hydrogen-bond donors (Lipinski definition) is 2. The predicted octanol–water partition coefficient (Wildman–Crippen LogP) is 3.10. The van der Waals surface area contributed by atoms with Gasteiger partial charge in [0.05, 0.1) is 0 Å². The molecule has 118 valence electrons. The number of piperidine rings is 1. The van der Waals surface area contributed by atoms with Crippen LogP contribution in [0.5, 0.6) is 0 Å². The van der Waals surface area contributed by atoms with Crippen molar-refractivity contribution in [2.45, 2.75) is 70.5 Å². The summed E-state index contributed by atoms with van der Waals surface area (Å²) in [5.74, 6) is 0. The second kappa shape index (κ2) is 7.39. The number of nitrogens with two attached hydrogens (primary N) is 1. The molecule has 1 aromatic carbocycles. The van der Waals surface area contributed by atoms with E-state index in [4.69, 9.17) is 5.73 Å². The Morgan fingerprint density at radius 1 is 1.19 bits per heavy atom. The van der Waals surface area contributed by atoms with Crippen LogP contribution in [0.25, 0.3) is 0 Å². The molecular weight excluding hydrogens is 258 g/mol. The lowest BCUT2D eigenvalue weighted by molar-refractivity contribution is 0.000381. The maximum absolute atomic E-state index is 6.19. The van der Waals surface area contributed by atoms with E-state index in [0.717, 1.165) is 12.8 Å². The monoisotopic (exact) mass is 289 g/mol. The van der Waals surface area contributed by atoms with Gasteiger partial charge >= 0.3 is 0 Å². The summed E-state index contributed by atoms with van der Waals surface area (Å²) in [6.45, 7) is 7.54. The first-order chi connectivity index (χ1) is 10.1. The topological polar surface area (TPSA) is 41.3 Å². The number of nitrogens with one attached hydrogen (secondary N) is 1. The Morgan fingerprint density at radius 2 is 1.81 bits per heavy atom. The Bertz CT molecular complexity index is 404. The highest BCUT2D eigenvalue weighted by molar-refractivity contribution is 5.18. The molecule has 0 aliphatic carbocycles. The van der Waals surface area contributed by atoms with Gasteiger partial charge in [0.2, 0.25) is 0 Å². The van der Waals surface area contributed by atoms with Crippen molar-refractivity contribution in [2.75, 3.05) is 6.54 Å². The second-order valence-electron chi connectivity index (χ2n) is 6.65. The minimum atomic E-state index is -0.0405. The standard InChI is InChI=1S/C18H31N3/c1-4-18(14-19,13-17-11-6-5-7-12-17)20-21-15(2)9-8-10-16(21)3/h5-7,11-12,15-16,20H,4,8-10,13-14,19H2,1-3H3. The van der Waals surface area contributed by atoms with Crippen molar-refractivity contribution in [1.29, 1.82) is 0 Å². The van der Waals surface area contributed by atoms with Gasteiger partial charge in [0.15, 0.2) is 0 Å². The van der Waals surface area contributed by atoms with Gasteiger partial charge in [-0.2, -0.15) is 0 Å². The van der Waals surface area contributed by atoms with Gasteiger partial charge in [0, 0.05) is 24.2 Å². The van der Waals surface area contributed by atoms with E-state index in [1.165, 1.54) is 24.8 Å². The largest absolute Gasteiger partial charge is 0.329 e. The number of rotatable bonds is 6. The van der Waals surface area contributed by atoms with Crippen LogP contribution in [-0.4, -0.2) is 29.2 Å².